The molecule has 0 aliphatic rings. The zero-order chi connectivity index (χ0) is 13.0. The van der Waals surface area contributed by atoms with Crippen LogP contribution in [-0.4, -0.2) is 9.91 Å². The van der Waals surface area contributed by atoms with Gasteiger partial charge in [0.15, 0.2) is 0 Å². The van der Waals surface area contributed by atoms with Crippen molar-refractivity contribution in [1.82, 2.24) is 4.98 Å². The van der Waals surface area contributed by atoms with Crippen molar-refractivity contribution in [2.24, 2.45) is 0 Å². The van der Waals surface area contributed by atoms with E-state index in [1.54, 1.807) is 31.5 Å². The van der Waals surface area contributed by atoms with Gasteiger partial charge in [-0.1, -0.05) is 6.07 Å². The number of anilines is 1. The number of benzene rings is 1. The number of nitro benzene ring substituents is 1. The monoisotopic (exact) mass is 243 g/mol. The van der Waals surface area contributed by atoms with Gasteiger partial charge in [0, 0.05) is 36.3 Å². The van der Waals surface area contributed by atoms with Crippen LogP contribution in [0.2, 0.25) is 0 Å². The molecule has 0 radical (unpaired) electrons. The van der Waals surface area contributed by atoms with Crippen molar-refractivity contribution >= 4 is 11.4 Å². The molecule has 0 aliphatic carbocycles. The molecule has 92 valence electrons. The van der Waals surface area contributed by atoms with Crippen LogP contribution in [0.25, 0.3) is 0 Å². The second kappa shape index (κ2) is 5.27. The Bertz CT molecular complexity index is 555. The van der Waals surface area contributed by atoms with Crippen molar-refractivity contribution in [2.75, 3.05) is 5.32 Å². The summed E-state index contributed by atoms with van der Waals surface area (Å²) in [5.74, 6) is 0. The number of nitrogens with one attached hydrogen (secondary N) is 1. The minimum absolute atomic E-state index is 0.134. The molecule has 5 nitrogen and oxygen atoms in total. The Morgan fingerprint density at radius 2 is 2.00 bits per heavy atom. The van der Waals surface area contributed by atoms with Crippen LogP contribution < -0.4 is 5.32 Å². The maximum absolute atomic E-state index is 10.8. The summed E-state index contributed by atoms with van der Waals surface area (Å²) in [6.45, 7) is 2.34. The summed E-state index contributed by atoms with van der Waals surface area (Å²) < 4.78 is 0. The van der Waals surface area contributed by atoms with E-state index in [1.165, 1.54) is 0 Å². The molecule has 0 amide bonds. The molecule has 1 aromatic carbocycles. The molecule has 5 heteroatoms. The van der Waals surface area contributed by atoms with Crippen LogP contribution in [0.5, 0.6) is 0 Å². The van der Waals surface area contributed by atoms with Crippen molar-refractivity contribution in [3.8, 4) is 0 Å². The fourth-order valence-corrected chi connectivity index (χ4v) is 1.62. The highest BCUT2D eigenvalue weighted by molar-refractivity contribution is 5.55. The number of rotatable bonds is 4. The average molecular weight is 243 g/mol. The third-order valence-electron chi connectivity index (χ3n) is 2.65. The summed E-state index contributed by atoms with van der Waals surface area (Å²) in [6, 6.07) is 8.93. The van der Waals surface area contributed by atoms with Crippen molar-refractivity contribution in [1.29, 1.82) is 0 Å². The van der Waals surface area contributed by atoms with Gasteiger partial charge >= 0.3 is 0 Å². The molecule has 1 N–H and O–H groups in total. The van der Waals surface area contributed by atoms with Gasteiger partial charge in [-0.15, -0.1) is 0 Å². The van der Waals surface area contributed by atoms with Gasteiger partial charge in [0.25, 0.3) is 5.69 Å². The van der Waals surface area contributed by atoms with E-state index in [1.807, 2.05) is 18.2 Å². The first kappa shape index (κ1) is 12.0. The lowest BCUT2D eigenvalue weighted by atomic mass is 10.2. The number of aryl methyl sites for hydroxylation is 1. The molecule has 1 aromatic heterocycles. The fourth-order valence-electron chi connectivity index (χ4n) is 1.62. The number of nitro groups is 1. The van der Waals surface area contributed by atoms with E-state index in [2.05, 4.69) is 10.3 Å². The Morgan fingerprint density at radius 3 is 2.67 bits per heavy atom. The van der Waals surface area contributed by atoms with Crippen LogP contribution in [0.3, 0.4) is 0 Å². The lowest BCUT2D eigenvalue weighted by molar-refractivity contribution is -0.385. The van der Waals surface area contributed by atoms with E-state index in [9.17, 15) is 10.1 Å². The highest BCUT2D eigenvalue weighted by Crippen LogP contribution is 2.22. The maximum Gasteiger partial charge on any atom is 0.274 e. The molecule has 0 spiro atoms. The molecule has 2 rings (SSSR count). The second-order valence-corrected chi connectivity index (χ2v) is 3.97. The van der Waals surface area contributed by atoms with Gasteiger partial charge in [0.05, 0.1) is 4.92 Å². The van der Waals surface area contributed by atoms with Crippen molar-refractivity contribution in [2.45, 2.75) is 13.5 Å². The van der Waals surface area contributed by atoms with Crippen molar-refractivity contribution in [3.05, 3.63) is 64.0 Å². The van der Waals surface area contributed by atoms with Crippen molar-refractivity contribution in [3.63, 3.8) is 0 Å². The van der Waals surface area contributed by atoms with Crippen LogP contribution >= 0.6 is 0 Å². The summed E-state index contributed by atoms with van der Waals surface area (Å²) in [6.07, 6.45) is 3.43. The topological polar surface area (TPSA) is 68.1 Å². The van der Waals surface area contributed by atoms with Gasteiger partial charge in [-0.3, -0.25) is 15.1 Å². The summed E-state index contributed by atoms with van der Waals surface area (Å²) in [7, 11) is 0. The lowest BCUT2D eigenvalue weighted by Gasteiger charge is -2.07. The molecule has 18 heavy (non-hydrogen) atoms. The molecule has 0 saturated carbocycles. The van der Waals surface area contributed by atoms with E-state index in [-0.39, 0.29) is 10.6 Å². The molecular formula is C13H13N3O2. The summed E-state index contributed by atoms with van der Waals surface area (Å²) in [4.78, 5) is 14.4. The summed E-state index contributed by atoms with van der Waals surface area (Å²) in [5.41, 5.74) is 2.61. The molecule has 0 aliphatic heterocycles. The summed E-state index contributed by atoms with van der Waals surface area (Å²) >= 11 is 0. The van der Waals surface area contributed by atoms with Gasteiger partial charge in [-0.05, 0) is 30.7 Å². The van der Waals surface area contributed by atoms with Gasteiger partial charge < -0.3 is 5.32 Å². The molecule has 0 unspecified atom stereocenters. The molecular weight excluding hydrogens is 230 g/mol. The summed E-state index contributed by atoms with van der Waals surface area (Å²) in [5, 5.41) is 14.0. The quantitative estimate of drug-likeness (QED) is 0.662. The van der Waals surface area contributed by atoms with Gasteiger partial charge in [0.1, 0.15) is 0 Å². The largest absolute Gasteiger partial charge is 0.381 e. The van der Waals surface area contributed by atoms with E-state index in [0.29, 0.717) is 12.1 Å². The SMILES string of the molecule is Cc1ccc(NCc2ccncc2)cc1[N+](=O)[O-]. The van der Waals surface area contributed by atoms with Crippen LogP contribution in [0.15, 0.2) is 42.7 Å². The second-order valence-electron chi connectivity index (χ2n) is 3.97. The lowest BCUT2D eigenvalue weighted by Crippen LogP contribution is -2.00. The van der Waals surface area contributed by atoms with Gasteiger partial charge in [-0.25, -0.2) is 0 Å². The van der Waals surface area contributed by atoms with Crippen molar-refractivity contribution < 1.29 is 4.92 Å². The van der Waals surface area contributed by atoms with Crippen LogP contribution in [-0.2, 0) is 6.54 Å². The van der Waals surface area contributed by atoms with E-state index < -0.39 is 0 Å². The number of pyridine rings is 1. The fraction of sp³-hybridized carbons (Fsp3) is 0.154. The Kier molecular flexibility index (Phi) is 3.52. The van der Waals surface area contributed by atoms with Gasteiger partial charge in [0.2, 0.25) is 0 Å². The predicted molar refractivity (Wildman–Crippen MR) is 69.4 cm³/mol. The maximum atomic E-state index is 10.8. The van der Waals surface area contributed by atoms with Crippen LogP contribution in [0.4, 0.5) is 11.4 Å². The number of aromatic nitrogens is 1. The molecule has 0 saturated heterocycles. The zero-order valence-electron chi connectivity index (χ0n) is 9.96. The first-order chi connectivity index (χ1) is 8.66. The van der Waals surface area contributed by atoms with E-state index in [4.69, 9.17) is 0 Å². The van der Waals surface area contributed by atoms with E-state index in [0.717, 1.165) is 11.3 Å². The molecule has 0 fully saturated rings. The minimum atomic E-state index is -0.368. The standard InChI is InChI=1S/C13H13N3O2/c1-10-2-3-12(8-13(10)16(17)18)15-9-11-4-6-14-7-5-11/h2-8,15H,9H2,1H3. The zero-order valence-corrected chi connectivity index (χ0v) is 9.96. The Morgan fingerprint density at radius 1 is 1.28 bits per heavy atom. The Balaban J connectivity index is 2.11. The molecule has 1 heterocycles. The van der Waals surface area contributed by atoms with E-state index >= 15 is 0 Å². The third kappa shape index (κ3) is 2.82. The first-order valence-corrected chi connectivity index (χ1v) is 5.54. The normalized spacial score (nSPS) is 10.1. The number of nitrogens with zero attached hydrogens (tertiary/aromatic N) is 2. The Hall–Kier alpha value is -2.43. The minimum Gasteiger partial charge on any atom is -0.381 e. The predicted octanol–water partition coefficient (Wildman–Crippen LogP) is 2.91. The molecule has 2 aromatic rings. The van der Waals surface area contributed by atoms with Crippen LogP contribution in [0, 0.1) is 17.0 Å². The highest BCUT2D eigenvalue weighted by Gasteiger charge is 2.10. The number of hydrogen-bond donors (Lipinski definition) is 1. The smallest absolute Gasteiger partial charge is 0.274 e. The number of hydrogen-bond acceptors (Lipinski definition) is 4. The third-order valence-corrected chi connectivity index (χ3v) is 2.65. The van der Waals surface area contributed by atoms with Crippen LogP contribution in [0.1, 0.15) is 11.1 Å². The highest BCUT2D eigenvalue weighted by atomic mass is 16.6. The average Bonchev–Trinajstić information content (AvgIpc) is 2.38. The molecule has 0 bridgehead atoms. The Labute approximate surface area is 105 Å². The first-order valence-electron chi connectivity index (χ1n) is 5.54. The molecule has 0 atom stereocenters. The van der Waals surface area contributed by atoms with Gasteiger partial charge in [-0.2, -0.15) is 0 Å².